The maximum Gasteiger partial charge on any atom is 0.130 e. The van der Waals surface area contributed by atoms with Crippen molar-refractivity contribution >= 4 is 11.6 Å². The van der Waals surface area contributed by atoms with E-state index in [1.165, 1.54) is 17.7 Å². The molecule has 0 aliphatic carbocycles. The van der Waals surface area contributed by atoms with Crippen molar-refractivity contribution in [1.82, 2.24) is 0 Å². The molecule has 20 heavy (non-hydrogen) atoms. The number of halogens is 2. The van der Waals surface area contributed by atoms with Crippen molar-refractivity contribution in [3.05, 3.63) is 59.4 Å². The second-order valence-corrected chi connectivity index (χ2v) is 6.08. The Morgan fingerprint density at radius 2 is 1.80 bits per heavy atom. The topological polar surface area (TPSA) is 9.23 Å². The zero-order valence-electron chi connectivity index (χ0n) is 11.9. The monoisotopic (exact) mass is 292 g/mol. The van der Waals surface area contributed by atoms with Crippen molar-refractivity contribution in [1.29, 1.82) is 0 Å². The van der Waals surface area contributed by atoms with Gasteiger partial charge in [-0.3, -0.25) is 0 Å². The van der Waals surface area contributed by atoms with Crippen LogP contribution >= 0.6 is 11.6 Å². The number of benzene rings is 2. The van der Waals surface area contributed by atoms with Crippen LogP contribution in [-0.4, -0.2) is 0 Å². The maximum atomic E-state index is 13.4. The highest BCUT2D eigenvalue weighted by atomic mass is 35.5. The average Bonchev–Trinajstić information content (AvgIpc) is 2.37. The van der Waals surface area contributed by atoms with E-state index in [1.54, 1.807) is 6.07 Å². The molecule has 0 spiro atoms. The molecule has 0 fully saturated rings. The molecule has 0 saturated carbocycles. The summed E-state index contributed by atoms with van der Waals surface area (Å²) in [6.45, 7) is 6.42. The molecular formula is C17H18ClFO. The van der Waals surface area contributed by atoms with Crippen LogP contribution in [-0.2, 0) is 11.3 Å². The first-order chi connectivity index (χ1) is 9.38. The second-order valence-electron chi connectivity index (χ2n) is 5.81. The standard InChI is InChI=1S/C17H18ClFO/c1-17(2,3)13-5-4-6-15(9-13)20-16-8-12(11-18)7-14(19)10-16/h4-10H,11H2,1-3H3. The number of rotatable bonds is 3. The van der Waals surface area contributed by atoms with Crippen molar-refractivity contribution in [2.24, 2.45) is 0 Å². The normalized spacial score (nSPS) is 11.4. The van der Waals surface area contributed by atoms with Gasteiger partial charge in [-0.1, -0.05) is 32.9 Å². The van der Waals surface area contributed by atoms with Gasteiger partial charge in [0.15, 0.2) is 0 Å². The Bertz CT molecular complexity index is 602. The average molecular weight is 293 g/mol. The largest absolute Gasteiger partial charge is 0.457 e. The van der Waals surface area contributed by atoms with E-state index >= 15 is 0 Å². The summed E-state index contributed by atoms with van der Waals surface area (Å²) < 4.78 is 19.2. The van der Waals surface area contributed by atoms with Gasteiger partial charge < -0.3 is 4.74 Å². The molecule has 1 nitrogen and oxygen atoms in total. The summed E-state index contributed by atoms with van der Waals surface area (Å²) in [4.78, 5) is 0. The number of hydrogen-bond donors (Lipinski definition) is 0. The molecule has 0 aromatic heterocycles. The zero-order chi connectivity index (χ0) is 14.8. The van der Waals surface area contributed by atoms with E-state index in [0.29, 0.717) is 17.1 Å². The van der Waals surface area contributed by atoms with E-state index in [4.69, 9.17) is 16.3 Å². The fraction of sp³-hybridized carbons (Fsp3) is 0.294. The molecular weight excluding hydrogens is 275 g/mol. The van der Waals surface area contributed by atoms with Gasteiger partial charge in [0.05, 0.1) is 0 Å². The first-order valence-electron chi connectivity index (χ1n) is 6.52. The van der Waals surface area contributed by atoms with E-state index in [1.807, 2.05) is 18.2 Å². The molecule has 0 heterocycles. The smallest absolute Gasteiger partial charge is 0.130 e. The van der Waals surface area contributed by atoms with Crippen LogP contribution in [0.15, 0.2) is 42.5 Å². The Hall–Kier alpha value is -1.54. The minimum atomic E-state index is -0.342. The van der Waals surface area contributed by atoms with Crippen LogP contribution in [0.2, 0.25) is 0 Å². The summed E-state index contributed by atoms with van der Waals surface area (Å²) in [5, 5.41) is 0. The summed E-state index contributed by atoms with van der Waals surface area (Å²) in [7, 11) is 0. The lowest BCUT2D eigenvalue weighted by molar-refractivity contribution is 0.472. The van der Waals surface area contributed by atoms with Gasteiger partial charge >= 0.3 is 0 Å². The first-order valence-corrected chi connectivity index (χ1v) is 7.06. The fourth-order valence-electron chi connectivity index (χ4n) is 1.92. The maximum absolute atomic E-state index is 13.4. The highest BCUT2D eigenvalue weighted by molar-refractivity contribution is 6.17. The third-order valence-electron chi connectivity index (χ3n) is 3.02. The lowest BCUT2D eigenvalue weighted by Gasteiger charge is -2.19. The molecule has 2 aromatic rings. The molecule has 0 N–H and O–H groups in total. The molecule has 0 unspecified atom stereocenters. The highest BCUT2D eigenvalue weighted by Crippen LogP contribution is 2.29. The Morgan fingerprint density at radius 3 is 2.45 bits per heavy atom. The highest BCUT2D eigenvalue weighted by Gasteiger charge is 2.14. The van der Waals surface area contributed by atoms with Crippen LogP contribution < -0.4 is 4.74 Å². The predicted molar refractivity (Wildman–Crippen MR) is 81.2 cm³/mol. The Balaban J connectivity index is 2.28. The Morgan fingerprint density at radius 1 is 1.05 bits per heavy atom. The van der Waals surface area contributed by atoms with Crippen LogP contribution in [0, 0.1) is 5.82 Å². The third kappa shape index (κ3) is 3.73. The lowest BCUT2D eigenvalue weighted by atomic mass is 9.87. The Labute approximate surface area is 124 Å². The summed E-state index contributed by atoms with van der Waals surface area (Å²) in [6, 6.07) is 12.4. The number of ether oxygens (including phenoxy) is 1. The van der Waals surface area contributed by atoms with Crippen LogP contribution in [0.5, 0.6) is 11.5 Å². The molecule has 0 aliphatic rings. The summed E-state index contributed by atoms with van der Waals surface area (Å²) in [6.07, 6.45) is 0. The van der Waals surface area contributed by atoms with Gasteiger partial charge in [-0.2, -0.15) is 0 Å². The van der Waals surface area contributed by atoms with Gasteiger partial charge in [-0.05, 0) is 40.8 Å². The van der Waals surface area contributed by atoms with E-state index in [9.17, 15) is 4.39 Å². The van der Waals surface area contributed by atoms with Crippen LogP contribution in [0.1, 0.15) is 31.9 Å². The van der Waals surface area contributed by atoms with Crippen molar-refractivity contribution in [3.8, 4) is 11.5 Å². The molecule has 0 bridgehead atoms. The first kappa shape index (κ1) is 14.9. The van der Waals surface area contributed by atoms with Gasteiger partial charge in [0, 0.05) is 11.9 Å². The van der Waals surface area contributed by atoms with Crippen LogP contribution in [0.4, 0.5) is 4.39 Å². The van der Waals surface area contributed by atoms with Crippen molar-refractivity contribution in [2.45, 2.75) is 32.1 Å². The molecule has 0 saturated heterocycles. The summed E-state index contributed by atoms with van der Waals surface area (Å²) >= 11 is 5.74. The van der Waals surface area contributed by atoms with Crippen molar-refractivity contribution in [3.63, 3.8) is 0 Å². The second kappa shape index (κ2) is 5.84. The lowest BCUT2D eigenvalue weighted by Crippen LogP contribution is -2.10. The SMILES string of the molecule is CC(C)(C)c1cccc(Oc2cc(F)cc(CCl)c2)c1. The quantitative estimate of drug-likeness (QED) is 0.664. The Kier molecular flexibility index (Phi) is 4.34. The van der Waals surface area contributed by atoms with E-state index in [2.05, 4.69) is 26.8 Å². The van der Waals surface area contributed by atoms with Crippen LogP contribution in [0.25, 0.3) is 0 Å². The van der Waals surface area contributed by atoms with E-state index in [0.717, 1.165) is 0 Å². The third-order valence-corrected chi connectivity index (χ3v) is 3.33. The molecule has 3 heteroatoms. The summed E-state index contributed by atoms with van der Waals surface area (Å²) in [5.74, 6) is 1.08. The number of alkyl halides is 1. The zero-order valence-corrected chi connectivity index (χ0v) is 12.7. The molecule has 2 rings (SSSR count). The molecule has 0 atom stereocenters. The molecule has 0 amide bonds. The van der Waals surface area contributed by atoms with Gasteiger partial charge in [-0.25, -0.2) is 4.39 Å². The van der Waals surface area contributed by atoms with Gasteiger partial charge in [0.2, 0.25) is 0 Å². The van der Waals surface area contributed by atoms with Gasteiger partial charge in [0.25, 0.3) is 0 Å². The molecule has 0 aliphatic heterocycles. The van der Waals surface area contributed by atoms with E-state index in [-0.39, 0.29) is 17.1 Å². The fourth-order valence-corrected chi connectivity index (χ4v) is 2.07. The summed E-state index contributed by atoms with van der Waals surface area (Å²) in [5.41, 5.74) is 1.92. The minimum absolute atomic E-state index is 0.0443. The molecule has 2 aromatic carbocycles. The van der Waals surface area contributed by atoms with Crippen LogP contribution in [0.3, 0.4) is 0 Å². The number of hydrogen-bond acceptors (Lipinski definition) is 1. The van der Waals surface area contributed by atoms with E-state index < -0.39 is 0 Å². The molecule has 106 valence electrons. The van der Waals surface area contributed by atoms with Gasteiger partial charge in [-0.15, -0.1) is 11.6 Å². The van der Waals surface area contributed by atoms with Crippen molar-refractivity contribution in [2.75, 3.05) is 0 Å². The van der Waals surface area contributed by atoms with Gasteiger partial charge in [0.1, 0.15) is 17.3 Å². The van der Waals surface area contributed by atoms with Crippen molar-refractivity contribution < 1.29 is 9.13 Å². The predicted octanol–water partition coefficient (Wildman–Crippen LogP) is 5.65. The minimum Gasteiger partial charge on any atom is -0.457 e. The molecule has 0 radical (unpaired) electrons.